The molecule has 0 bridgehead atoms. The van der Waals surface area contributed by atoms with Gasteiger partial charge in [0.05, 0.1) is 0 Å². The van der Waals surface area contributed by atoms with Gasteiger partial charge < -0.3 is 10.4 Å². The Morgan fingerprint density at radius 2 is 2.00 bits per heavy atom. The fraction of sp³-hybridized carbons (Fsp3) is 0.600. The third-order valence-electron chi connectivity index (χ3n) is 4.11. The molecule has 4 heteroatoms. The number of hydrogen-bond acceptors (Lipinski definition) is 2. The van der Waals surface area contributed by atoms with E-state index in [4.69, 9.17) is 11.6 Å². The fourth-order valence-electron chi connectivity index (χ4n) is 2.85. The molecule has 0 heterocycles. The monoisotopic (exact) mass is 285 g/mol. The highest BCUT2D eigenvalue weighted by molar-refractivity contribution is 6.31. The molecular formula is C15H21ClFNO. The smallest absolute Gasteiger partial charge is 0.129 e. The lowest BCUT2D eigenvalue weighted by molar-refractivity contribution is 0.0810. The first-order valence-electron chi connectivity index (χ1n) is 6.91. The molecule has 1 aromatic rings. The first kappa shape index (κ1) is 14.8. The van der Waals surface area contributed by atoms with E-state index in [1.165, 1.54) is 25.3 Å². The Kier molecular flexibility index (Phi) is 5.20. The van der Waals surface area contributed by atoms with Crippen LogP contribution in [0.4, 0.5) is 4.39 Å². The average molecular weight is 286 g/mol. The molecule has 0 saturated heterocycles. The van der Waals surface area contributed by atoms with Crippen molar-refractivity contribution in [1.82, 2.24) is 5.32 Å². The second-order valence-corrected chi connectivity index (χ2v) is 5.93. The van der Waals surface area contributed by atoms with Crippen molar-refractivity contribution in [3.05, 3.63) is 34.6 Å². The van der Waals surface area contributed by atoms with Crippen molar-refractivity contribution in [3.63, 3.8) is 0 Å². The Hall–Kier alpha value is -0.640. The molecule has 1 aromatic carbocycles. The van der Waals surface area contributed by atoms with Crippen LogP contribution in [0.25, 0.3) is 0 Å². The lowest BCUT2D eigenvalue weighted by Crippen LogP contribution is -2.39. The van der Waals surface area contributed by atoms with Crippen molar-refractivity contribution in [2.75, 3.05) is 13.2 Å². The molecule has 0 atom stereocenters. The Balaban J connectivity index is 1.92. The molecule has 19 heavy (non-hydrogen) atoms. The van der Waals surface area contributed by atoms with Gasteiger partial charge >= 0.3 is 0 Å². The number of nitrogens with one attached hydrogen (secondary N) is 1. The summed E-state index contributed by atoms with van der Waals surface area (Å²) >= 11 is 5.99. The van der Waals surface area contributed by atoms with Crippen LogP contribution in [-0.2, 0) is 6.54 Å². The molecule has 0 aliphatic heterocycles. The molecule has 0 aromatic heterocycles. The highest BCUT2D eigenvalue weighted by Crippen LogP contribution is 2.35. The van der Waals surface area contributed by atoms with Crippen LogP contribution < -0.4 is 5.32 Å². The first-order valence-corrected chi connectivity index (χ1v) is 7.29. The van der Waals surface area contributed by atoms with Crippen molar-refractivity contribution in [2.45, 2.75) is 38.6 Å². The quantitative estimate of drug-likeness (QED) is 0.868. The average Bonchev–Trinajstić information content (AvgIpc) is 2.43. The molecule has 2 N–H and O–H groups in total. The van der Waals surface area contributed by atoms with Gasteiger partial charge in [0.1, 0.15) is 5.82 Å². The van der Waals surface area contributed by atoms with Crippen LogP contribution in [0.3, 0.4) is 0 Å². The summed E-state index contributed by atoms with van der Waals surface area (Å²) in [6.45, 7) is 1.33. The lowest BCUT2D eigenvalue weighted by Gasteiger charge is -2.35. The number of hydrogen-bond donors (Lipinski definition) is 2. The zero-order chi connectivity index (χ0) is 13.7. The molecule has 1 aliphatic carbocycles. The maximum absolute atomic E-state index is 13.6. The van der Waals surface area contributed by atoms with Gasteiger partial charge in [-0.05, 0) is 25.0 Å². The summed E-state index contributed by atoms with van der Waals surface area (Å²) in [4.78, 5) is 0. The van der Waals surface area contributed by atoms with Gasteiger partial charge in [-0.25, -0.2) is 4.39 Å². The normalized spacial score (nSPS) is 18.5. The highest BCUT2D eigenvalue weighted by Gasteiger charge is 2.30. The van der Waals surface area contributed by atoms with Crippen LogP contribution in [0.15, 0.2) is 18.2 Å². The Bertz CT molecular complexity index is 398. The second kappa shape index (κ2) is 6.69. The fourth-order valence-corrected chi connectivity index (χ4v) is 3.08. The van der Waals surface area contributed by atoms with Crippen LogP contribution in [0, 0.1) is 11.2 Å². The van der Waals surface area contributed by atoms with Crippen LogP contribution in [0.2, 0.25) is 5.02 Å². The van der Waals surface area contributed by atoms with Gasteiger partial charge in [0, 0.05) is 35.7 Å². The molecule has 1 saturated carbocycles. The van der Waals surface area contributed by atoms with E-state index in [1.54, 1.807) is 12.1 Å². The number of aliphatic hydroxyl groups is 1. The minimum atomic E-state index is -0.276. The van der Waals surface area contributed by atoms with Crippen molar-refractivity contribution in [2.24, 2.45) is 5.41 Å². The number of aliphatic hydroxyl groups excluding tert-OH is 1. The predicted octanol–water partition coefficient (Wildman–Crippen LogP) is 3.51. The second-order valence-electron chi connectivity index (χ2n) is 5.52. The largest absolute Gasteiger partial charge is 0.396 e. The summed E-state index contributed by atoms with van der Waals surface area (Å²) in [5.74, 6) is -0.276. The van der Waals surface area contributed by atoms with E-state index in [-0.39, 0.29) is 17.8 Å². The third kappa shape index (κ3) is 3.68. The summed E-state index contributed by atoms with van der Waals surface area (Å²) in [5.41, 5.74) is 0.476. The van der Waals surface area contributed by atoms with Gasteiger partial charge in [0.2, 0.25) is 0 Å². The molecule has 0 spiro atoms. The van der Waals surface area contributed by atoms with Gasteiger partial charge in [-0.1, -0.05) is 36.9 Å². The van der Waals surface area contributed by atoms with E-state index in [2.05, 4.69) is 5.32 Å². The maximum atomic E-state index is 13.6. The van der Waals surface area contributed by atoms with Crippen molar-refractivity contribution < 1.29 is 9.50 Å². The van der Waals surface area contributed by atoms with Gasteiger partial charge in [0.25, 0.3) is 0 Å². The van der Waals surface area contributed by atoms with Gasteiger partial charge in [-0.3, -0.25) is 0 Å². The number of rotatable bonds is 5. The van der Waals surface area contributed by atoms with Crippen LogP contribution in [-0.4, -0.2) is 18.3 Å². The summed E-state index contributed by atoms with van der Waals surface area (Å²) in [7, 11) is 0. The van der Waals surface area contributed by atoms with E-state index in [9.17, 15) is 9.50 Å². The summed E-state index contributed by atoms with van der Waals surface area (Å²) in [5, 5.41) is 13.3. The van der Waals surface area contributed by atoms with Gasteiger partial charge in [0.15, 0.2) is 0 Å². The SMILES string of the molecule is OCC1(CNCc2c(F)cccc2Cl)CCCCC1. The molecule has 0 unspecified atom stereocenters. The highest BCUT2D eigenvalue weighted by atomic mass is 35.5. The zero-order valence-corrected chi connectivity index (χ0v) is 11.8. The molecule has 2 nitrogen and oxygen atoms in total. The van der Waals surface area contributed by atoms with Crippen LogP contribution >= 0.6 is 11.6 Å². The predicted molar refractivity (Wildman–Crippen MR) is 75.7 cm³/mol. The molecule has 0 radical (unpaired) electrons. The Morgan fingerprint density at radius 3 is 2.63 bits per heavy atom. The lowest BCUT2D eigenvalue weighted by atomic mass is 9.74. The number of benzene rings is 1. The molecule has 1 fully saturated rings. The zero-order valence-electron chi connectivity index (χ0n) is 11.1. The number of halogens is 2. The van der Waals surface area contributed by atoms with E-state index < -0.39 is 0 Å². The van der Waals surface area contributed by atoms with E-state index >= 15 is 0 Å². The van der Waals surface area contributed by atoms with Crippen molar-refractivity contribution in [3.8, 4) is 0 Å². The standard InChI is InChI=1S/C15H21ClFNO/c16-13-5-4-6-14(17)12(13)9-18-10-15(11-19)7-2-1-3-8-15/h4-6,18-19H,1-3,7-11H2. The summed E-state index contributed by atoms with van der Waals surface area (Å²) < 4.78 is 13.6. The maximum Gasteiger partial charge on any atom is 0.129 e. The van der Waals surface area contributed by atoms with Crippen LogP contribution in [0.1, 0.15) is 37.7 Å². The molecule has 2 rings (SSSR count). The van der Waals surface area contributed by atoms with Gasteiger partial charge in [-0.15, -0.1) is 0 Å². The molecule has 1 aliphatic rings. The van der Waals surface area contributed by atoms with E-state index in [0.29, 0.717) is 23.7 Å². The third-order valence-corrected chi connectivity index (χ3v) is 4.47. The molecular weight excluding hydrogens is 265 g/mol. The Morgan fingerprint density at radius 1 is 1.26 bits per heavy atom. The van der Waals surface area contributed by atoms with Gasteiger partial charge in [-0.2, -0.15) is 0 Å². The van der Waals surface area contributed by atoms with E-state index in [0.717, 1.165) is 12.8 Å². The van der Waals surface area contributed by atoms with Crippen molar-refractivity contribution >= 4 is 11.6 Å². The minimum absolute atomic E-state index is 0.0318. The van der Waals surface area contributed by atoms with E-state index in [1.807, 2.05) is 0 Å². The minimum Gasteiger partial charge on any atom is -0.396 e. The topological polar surface area (TPSA) is 32.3 Å². The summed E-state index contributed by atoms with van der Waals surface area (Å²) in [6, 6.07) is 4.73. The summed E-state index contributed by atoms with van der Waals surface area (Å²) in [6.07, 6.45) is 5.68. The van der Waals surface area contributed by atoms with Crippen LogP contribution in [0.5, 0.6) is 0 Å². The first-order chi connectivity index (χ1) is 9.17. The molecule has 0 amide bonds. The van der Waals surface area contributed by atoms with Crippen molar-refractivity contribution in [1.29, 1.82) is 0 Å². The Labute approximate surface area is 119 Å². The molecule has 106 valence electrons.